The van der Waals surface area contributed by atoms with Crippen LogP contribution in [-0.2, 0) is 14.3 Å². The summed E-state index contributed by atoms with van der Waals surface area (Å²) in [5.74, 6) is -0.576. The quantitative estimate of drug-likeness (QED) is 0.108. The van der Waals surface area contributed by atoms with Gasteiger partial charge < -0.3 is 9.47 Å². The Morgan fingerprint density at radius 2 is 1.18 bits per heavy atom. The summed E-state index contributed by atoms with van der Waals surface area (Å²) >= 11 is 0. The van der Waals surface area contributed by atoms with Crippen molar-refractivity contribution in [3.05, 3.63) is 54.6 Å². The summed E-state index contributed by atoms with van der Waals surface area (Å²) in [4.78, 5) is 26.0. The predicted molar refractivity (Wildman–Crippen MR) is 139 cm³/mol. The Morgan fingerprint density at radius 3 is 1.74 bits per heavy atom. The fraction of sp³-hybridized carbons (Fsp3) is 0.533. The van der Waals surface area contributed by atoms with Gasteiger partial charge in [0.25, 0.3) is 0 Å². The maximum Gasteiger partial charge on any atom is 0.328 e. The van der Waals surface area contributed by atoms with Crippen LogP contribution >= 0.6 is 0 Å². The van der Waals surface area contributed by atoms with Crippen molar-refractivity contribution in [2.75, 3.05) is 6.61 Å². The van der Waals surface area contributed by atoms with Crippen molar-refractivity contribution in [3.63, 3.8) is 0 Å². The minimum atomic E-state index is -1.27. The third-order valence-corrected chi connectivity index (χ3v) is 6.64. The zero-order valence-electron chi connectivity index (χ0n) is 21.3. The summed E-state index contributed by atoms with van der Waals surface area (Å²) in [7, 11) is 0. The van der Waals surface area contributed by atoms with Crippen LogP contribution in [0.15, 0.2) is 54.6 Å². The van der Waals surface area contributed by atoms with E-state index in [9.17, 15) is 9.59 Å². The van der Waals surface area contributed by atoms with E-state index in [2.05, 4.69) is 6.92 Å². The first-order valence-corrected chi connectivity index (χ1v) is 13.1. The molecule has 2 rings (SSSR count). The lowest BCUT2D eigenvalue weighted by molar-refractivity contribution is -0.168. The molecule has 0 aromatic heterocycles. The van der Waals surface area contributed by atoms with Crippen LogP contribution in [0.1, 0.15) is 91.4 Å². The maximum atomic E-state index is 13.1. The summed E-state index contributed by atoms with van der Waals surface area (Å²) in [5.41, 5.74) is 0.868. The zero-order valence-corrected chi connectivity index (χ0v) is 21.3. The molecule has 0 atom stereocenters. The molecule has 0 unspecified atom stereocenters. The van der Waals surface area contributed by atoms with Gasteiger partial charge in [-0.15, -0.1) is 0 Å². The fourth-order valence-electron chi connectivity index (χ4n) is 4.18. The smallest absolute Gasteiger partial charge is 0.328 e. The second-order valence-electron chi connectivity index (χ2n) is 9.03. The van der Waals surface area contributed by atoms with Gasteiger partial charge in [0.15, 0.2) is 5.41 Å². The molecule has 186 valence electrons. The van der Waals surface area contributed by atoms with E-state index in [1.807, 2.05) is 56.3 Å². The molecule has 4 nitrogen and oxygen atoms in total. The van der Waals surface area contributed by atoms with Gasteiger partial charge in [-0.25, -0.2) is 0 Å². The summed E-state index contributed by atoms with van der Waals surface area (Å²) in [6, 6.07) is 17.4. The lowest BCUT2D eigenvalue weighted by atomic mass is 9.82. The van der Waals surface area contributed by atoms with Crippen molar-refractivity contribution in [1.82, 2.24) is 0 Å². The Bertz CT molecular complexity index is 838. The minimum Gasteiger partial charge on any atom is -0.465 e. The largest absolute Gasteiger partial charge is 0.465 e. The summed E-state index contributed by atoms with van der Waals surface area (Å²) in [6.07, 6.45) is 11.5. The lowest BCUT2D eigenvalue weighted by Crippen LogP contribution is -2.42. The van der Waals surface area contributed by atoms with Crippen molar-refractivity contribution in [1.29, 1.82) is 0 Å². The van der Waals surface area contributed by atoms with Crippen LogP contribution < -0.4 is 4.74 Å². The molecule has 0 aliphatic carbocycles. The van der Waals surface area contributed by atoms with Gasteiger partial charge in [0.05, 0.1) is 6.61 Å². The third kappa shape index (κ3) is 8.30. The molecule has 0 fully saturated rings. The van der Waals surface area contributed by atoms with Crippen LogP contribution in [0.3, 0.4) is 0 Å². The number of carbonyl (C=O) groups excluding carboxylic acids is 2. The van der Waals surface area contributed by atoms with Gasteiger partial charge in [-0.3, -0.25) is 9.59 Å². The highest BCUT2D eigenvalue weighted by Gasteiger charge is 2.46. The first kappa shape index (κ1) is 27.6. The average molecular weight is 467 g/mol. The van der Waals surface area contributed by atoms with E-state index < -0.39 is 17.4 Å². The molecule has 0 saturated carbocycles. The third-order valence-electron chi connectivity index (χ3n) is 6.64. The van der Waals surface area contributed by atoms with Gasteiger partial charge in [0.2, 0.25) is 0 Å². The summed E-state index contributed by atoms with van der Waals surface area (Å²) < 4.78 is 11.2. The first-order chi connectivity index (χ1) is 16.6. The van der Waals surface area contributed by atoms with Crippen molar-refractivity contribution in [3.8, 4) is 16.9 Å². The number of esters is 2. The fourth-order valence-corrected chi connectivity index (χ4v) is 4.18. The van der Waals surface area contributed by atoms with Gasteiger partial charge in [-0.1, -0.05) is 115 Å². The molecule has 4 heteroatoms. The molecule has 0 bridgehead atoms. The second kappa shape index (κ2) is 15.3. The molecular formula is C30H42O4. The van der Waals surface area contributed by atoms with E-state index in [1.165, 1.54) is 38.5 Å². The molecule has 34 heavy (non-hydrogen) atoms. The Kier molecular flexibility index (Phi) is 12.4. The SMILES string of the molecule is CCCCCCCCCCCOC(=O)C(CC)(CC)C(=O)Oc1ccc(-c2ccccc2)cc1. The van der Waals surface area contributed by atoms with Crippen LogP contribution in [0.4, 0.5) is 0 Å². The van der Waals surface area contributed by atoms with Gasteiger partial charge >= 0.3 is 11.9 Å². The number of hydrogen-bond donors (Lipinski definition) is 0. The van der Waals surface area contributed by atoms with Crippen molar-refractivity contribution >= 4 is 11.9 Å². The van der Waals surface area contributed by atoms with Crippen LogP contribution in [0, 0.1) is 5.41 Å². The highest BCUT2D eigenvalue weighted by molar-refractivity contribution is 6.00. The summed E-state index contributed by atoms with van der Waals surface area (Å²) in [6.45, 7) is 6.26. The van der Waals surface area contributed by atoms with Gasteiger partial charge in [-0.05, 0) is 42.5 Å². The Hall–Kier alpha value is -2.62. The molecule has 0 N–H and O–H groups in total. The molecular weight excluding hydrogens is 424 g/mol. The number of hydrogen-bond acceptors (Lipinski definition) is 4. The van der Waals surface area contributed by atoms with Crippen molar-refractivity contribution in [2.45, 2.75) is 91.4 Å². The predicted octanol–water partition coefficient (Wildman–Crippen LogP) is 8.14. The number of ether oxygens (including phenoxy) is 2. The molecule has 0 spiro atoms. The first-order valence-electron chi connectivity index (χ1n) is 13.1. The number of rotatable bonds is 16. The number of carbonyl (C=O) groups is 2. The van der Waals surface area contributed by atoms with Gasteiger partial charge in [0, 0.05) is 0 Å². The standard InChI is InChI=1S/C30H42O4/c1-4-7-8-9-10-11-12-13-17-24-33-28(31)30(5-2,6-3)29(32)34-27-22-20-26(21-23-27)25-18-15-14-16-19-25/h14-16,18-23H,4-13,17,24H2,1-3H3. The second-order valence-corrected chi connectivity index (χ2v) is 9.03. The topological polar surface area (TPSA) is 52.6 Å². The van der Waals surface area contributed by atoms with Crippen LogP contribution in [0.25, 0.3) is 11.1 Å². The molecule has 0 amide bonds. The highest BCUT2D eigenvalue weighted by atomic mass is 16.6. The van der Waals surface area contributed by atoms with Gasteiger partial charge in [0.1, 0.15) is 5.75 Å². The molecule has 2 aromatic rings. The van der Waals surface area contributed by atoms with Gasteiger partial charge in [-0.2, -0.15) is 0 Å². The molecule has 0 saturated heterocycles. The highest BCUT2D eigenvalue weighted by Crippen LogP contribution is 2.32. The average Bonchev–Trinajstić information content (AvgIpc) is 2.87. The van der Waals surface area contributed by atoms with E-state index >= 15 is 0 Å². The van der Waals surface area contributed by atoms with Crippen LogP contribution in [0.5, 0.6) is 5.75 Å². The van der Waals surface area contributed by atoms with E-state index in [0.29, 0.717) is 25.2 Å². The number of unbranched alkanes of at least 4 members (excludes halogenated alkanes) is 8. The van der Waals surface area contributed by atoms with E-state index in [4.69, 9.17) is 9.47 Å². The Morgan fingerprint density at radius 1 is 0.647 bits per heavy atom. The summed E-state index contributed by atoms with van der Waals surface area (Å²) in [5, 5.41) is 0. The Labute approximate surface area is 206 Å². The normalized spacial score (nSPS) is 11.3. The lowest BCUT2D eigenvalue weighted by Gasteiger charge is -2.26. The molecule has 0 heterocycles. The van der Waals surface area contributed by atoms with Crippen molar-refractivity contribution in [2.24, 2.45) is 5.41 Å². The van der Waals surface area contributed by atoms with Crippen LogP contribution in [-0.4, -0.2) is 18.5 Å². The van der Waals surface area contributed by atoms with E-state index in [0.717, 1.165) is 30.4 Å². The van der Waals surface area contributed by atoms with E-state index in [-0.39, 0.29) is 0 Å². The van der Waals surface area contributed by atoms with Crippen molar-refractivity contribution < 1.29 is 19.1 Å². The van der Waals surface area contributed by atoms with E-state index in [1.54, 1.807) is 12.1 Å². The maximum absolute atomic E-state index is 13.1. The minimum absolute atomic E-state index is 0.348. The molecule has 0 radical (unpaired) electrons. The Balaban J connectivity index is 1.82. The zero-order chi connectivity index (χ0) is 24.7. The molecule has 0 aliphatic heterocycles. The molecule has 0 aliphatic rings. The van der Waals surface area contributed by atoms with Crippen LogP contribution in [0.2, 0.25) is 0 Å². The monoisotopic (exact) mass is 466 g/mol. The molecule has 2 aromatic carbocycles. The number of benzene rings is 2.